The third-order valence-electron chi connectivity index (χ3n) is 4.86. The van der Waals surface area contributed by atoms with Crippen LogP contribution in [0.4, 0.5) is 4.79 Å². The predicted octanol–water partition coefficient (Wildman–Crippen LogP) is 1.24. The number of imide groups is 1. The van der Waals surface area contributed by atoms with Gasteiger partial charge >= 0.3 is 6.03 Å². The van der Waals surface area contributed by atoms with Crippen LogP contribution in [0.2, 0.25) is 0 Å². The molecule has 1 aliphatic carbocycles. The van der Waals surface area contributed by atoms with Gasteiger partial charge in [-0.1, -0.05) is 12.1 Å². The van der Waals surface area contributed by atoms with Gasteiger partial charge in [-0.2, -0.15) is 5.26 Å². The number of rotatable bonds is 5. The first-order chi connectivity index (χ1) is 11.8. The van der Waals surface area contributed by atoms with Crippen molar-refractivity contribution >= 4 is 17.8 Å². The van der Waals surface area contributed by atoms with Crippen molar-refractivity contribution in [3.63, 3.8) is 0 Å². The summed E-state index contributed by atoms with van der Waals surface area (Å²) >= 11 is 0. The first kappa shape index (κ1) is 17.0. The predicted molar refractivity (Wildman–Crippen MR) is 89.1 cm³/mol. The van der Waals surface area contributed by atoms with E-state index in [0.29, 0.717) is 17.0 Å². The van der Waals surface area contributed by atoms with Gasteiger partial charge in [-0.3, -0.25) is 14.5 Å². The first-order valence-corrected chi connectivity index (χ1v) is 8.29. The minimum absolute atomic E-state index is 0.0481. The molecule has 1 aliphatic heterocycles. The van der Waals surface area contributed by atoms with Gasteiger partial charge in [-0.05, 0) is 50.3 Å². The van der Waals surface area contributed by atoms with Gasteiger partial charge in [0.1, 0.15) is 12.1 Å². The number of carbonyl (C=O) groups excluding carboxylic acids is 3. The van der Waals surface area contributed by atoms with E-state index in [1.54, 1.807) is 31.2 Å². The monoisotopic (exact) mass is 340 g/mol. The van der Waals surface area contributed by atoms with Crippen LogP contribution in [-0.4, -0.2) is 35.3 Å². The third-order valence-corrected chi connectivity index (χ3v) is 4.86. The Morgan fingerprint density at radius 3 is 2.84 bits per heavy atom. The average molecular weight is 340 g/mol. The van der Waals surface area contributed by atoms with Crippen molar-refractivity contribution in [1.29, 1.82) is 5.26 Å². The lowest BCUT2D eigenvalue weighted by Gasteiger charge is -2.22. The molecule has 0 radical (unpaired) electrons. The molecule has 0 spiro atoms. The Morgan fingerprint density at radius 2 is 2.20 bits per heavy atom. The van der Waals surface area contributed by atoms with Crippen molar-refractivity contribution in [2.75, 3.05) is 6.54 Å². The van der Waals surface area contributed by atoms with E-state index < -0.39 is 17.5 Å². The Balaban J connectivity index is 1.74. The number of nitriles is 1. The van der Waals surface area contributed by atoms with Gasteiger partial charge in [0.25, 0.3) is 5.91 Å². The molecule has 1 heterocycles. The largest absolute Gasteiger partial charge is 0.352 e. The summed E-state index contributed by atoms with van der Waals surface area (Å²) in [6, 6.07) is 7.98. The Bertz CT molecular complexity index is 781. The van der Waals surface area contributed by atoms with Crippen molar-refractivity contribution in [1.82, 2.24) is 15.5 Å². The molecule has 2 aliphatic rings. The second-order valence-corrected chi connectivity index (χ2v) is 6.83. The van der Waals surface area contributed by atoms with E-state index >= 15 is 0 Å². The van der Waals surface area contributed by atoms with Crippen molar-refractivity contribution in [3.05, 3.63) is 35.4 Å². The molecule has 25 heavy (non-hydrogen) atoms. The highest BCUT2D eigenvalue weighted by Gasteiger charge is 2.49. The molecule has 2 atom stereocenters. The lowest BCUT2D eigenvalue weighted by atomic mass is 9.91. The van der Waals surface area contributed by atoms with Crippen LogP contribution in [0, 0.1) is 17.2 Å². The first-order valence-electron chi connectivity index (χ1n) is 8.29. The molecule has 1 aromatic rings. The van der Waals surface area contributed by atoms with E-state index in [4.69, 9.17) is 5.26 Å². The fourth-order valence-electron chi connectivity index (χ4n) is 3.09. The van der Waals surface area contributed by atoms with Crippen LogP contribution in [0.15, 0.2) is 24.3 Å². The van der Waals surface area contributed by atoms with E-state index in [1.165, 1.54) is 0 Å². The Morgan fingerprint density at radius 1 is 1.48 bits per heavy atom. The summed E-state index contributed by atoms with van der Waals surface area (Å²) < 4.78 is 0. The summed E-state index contributed by atoms with van der Waals surface area (Å²) in [5.74, 6) is -0.356. The van der Waals surface area contributed by atoms with Crippen molar-refractivity contribution in [3.8, 4) is 6.07 Å². The van der Waals surface area contributed by atoms with E-state index in [0.717, 1.165) is 17.7 Å². The smallest absolute Gasteiger partial charge is 0.325 e. The Labute approximate surface area is 146 Å². The Kier molecular flexibility index (Phi) is 4.21. The van der Waals surface area contributed by atoms with Crippen LogP contribution in [0.1, 0.15) is 37.8 Å². The average Bonchev–Trinajstić information content (AvgIpc) is 3.41. The fraction of sp³-hybridized carbons (Fsp3) is 0.444. The molecule has 7 nitrogen and oxygen atoms in total. The van der Waals surface area contributed by atoms with Crippen molar-refractivity contribution < 1.29 is 14.4 Å². The highest BCUT2D eigenvalue weighted by molar-refractivity contribution is 6.09. The maximum Gasteiger partial charge on any atom is 0.325 e. The van der Waals surface area contributed by atoms with Gasteiger partial charge in [0.15, 0.2) is 0 Å². The fourth-order valence-corrected chi connectivity index (χ4v) is 3.09. The van der Waals surface area contributed by atoms with Gasteiger partial charge in [-0.25, -0.2) is 4.79 Å². The molecule has 3 rings (SSSR count). The van der Waals surface area contributed by atoms with Crippen molar-refractivity contribution in [2.24, 2.45) is 5.92 Å². The standard InChI is InChI=1S/C18H20N4O3/c1-11(13-6-7-13)20-15(23)10-22-16(24)18(2,21-17(22)25)14-5-3-4-12(8-14)9-19/h3-5,8,11,13H,6-7,10H2,1-2H3,(H,20,23)(H,21,25)/t11-,18+/m1/s1. The molecule has 1 aromatic carbocycles. The minimum atomic E-state index is -1.29. The molecule has 0 unspecified atom stereocenters. The number of amides is 4. The summed E-state index contributed by atoms with van der Waals surface area (Å²) in [5, 5.41) is 14.5. The SMILES string of the molecule is C[C@@H](NC(=O)CN1C(=O)N[C@@](C)(c2cccc(C#N)c2)C1=O)C1CC1. The maximum atomic E-state index is 12.8. The van der Waals surface area contributed by atoms with E-state index in [2.05, 4.69) is 10.6 Å². The van der Waals surface area contributed by atoms with Crippen molar-refractivity contribution in [2.45, 2.75) is 38.3 Å². The van der Waals surface area contributed by atoms with Gasteiger partial charge in [-0.15, -0.1) is 0 Å². The third kappa shape index (κ3) is 3.20. The molecule has 2 N–H and O–H groups in total. The van der Waals surface area contributed by atoms with Gasteiger partial charge in [0.2, 0.25) is 5.91 Å². The van der Waals surface area contributed by atoms with Crippen LogP contribution >= 0.6 is 0 Å². The lowest BCUT2D eigenvalue weighted by molar-refractivity contribution is -0.135. The molecule has 1 saturated carbocycles. The number of hydrogen-bond acceptors (Lipinski definition) is 4. The molecular formula is C18H20N4O3. The van der Waals surface area contributed by atoms with Gasteiger partial charge < -0.3 is 10.6 Å². The summed E-state index contributed by atoms with van der Waals surface area (Å²) in [6.07, 6.45) is 2.19. The second kappa shape index (κ2) is 6.20. The quantitative estimate of drug-likeness (QED) is 0.787. The molecule has 1 saturated heterocycles. The highest BCUT2D eigenvalue weighted by atomic mass is 16.2. The van der Waals surface area contributed by atoms with Gasteiger partial charge in [0, 0.05) is 6.04 Å². The summed E-state index contributed by atoms with van der Waals surface area (Å²) in [7, 11) is 0. The molecule has 130 valence electrons. The lowest BCUT2D eigenvalue weighted by Crippen LogP contribution is -2.45. The molecule has 2 fully saturated rings. The Hall–Kier alpha value is -2.88. The normalized spacial score (nSPS) is 23.8. The zero-order chi connectivity index (χ0) is 18.2. The van der Waals surface area contributed by atoms with E-state index in [1.807, 2.05) is 13.0 Å². The van der Waals surface area contributed by atoms with E-state index in [9.17, 15) is 14.4 Å². The summed E-state index contributed by atoms with van der Waals surface area (Å²) in [6.45, 7) is 3.20. The minimum Gasteiger partial charge on any atom is -0.352 e. The second-order valence-electron chi connectivity index (χ2n) is 6.83. The van der Waals surface area contributed by atoms with E-state index in [-0.39, 0.29) is 18.5 Å². The topological polar surface area (TPSA) is 102 Å². The zero-order valence-electron chi connectivity index (χ0n) is 14.2. The number of carbonyl (C=O) groups is 3. The number of benzene rings is 1. The van der Waals surface area contributed by atoms with Crippen LogP contribution in [-0.2, 0) is 15.1 Å². The molecule has 7 heteroatoms. The molecule has 0 aromatic heterocycles. The van der Waals surface area contributed by atoms with Crippen LogP contribution in [0.5, 0.6) is 0 Å². The summed E-state index contributed by atoms with van der Waals surface area (Å²) in [5.41, 5.74) is -0.374. The molecule has 4 amide bonds. The molecule has 0 bridgehead atoms. The zero-order valence-corrected chi connectivity index (χ0v) is 14.2. The van der Waals surface area contributed by atoms with Gasteiger partial charge in [0.05, 0.1) is 11.6 Å². The van der Waals surface area contributed by atoms with Crippen LogP contribution < -0.4 is 10.6 Å². The number of nitrogens with zero attached hydrogens (tertiary/aromatic N) is 2. The van der Waals surface area contributed by atoms with Crippen LogP contribution in [0.3, 0.4) is 0 Å². The maximum absolute atomic E-state index is 12.8. The summed E-state index contributed by atoms with van der Waals surface area (Å²) in [4.78, 5) is 38.1. The number of hydrogen-bond donors (Lipinski definition) is 2. The highest BCUT2D eigenvalue weighted by Crippen LogP contribution is 2.32. The number of nitrogens with one attached hydrogen (secondary N) is 2. The number of urea groups is 1. The van der Waals surface area contributed by atoms with Crippen LogP contribution in [0.25, 0.3) is 0 Å². The molecular weight excluding hydrogens is 320 g/mol.